The summed E-state index contributed by atoms with van der Waals surface area (Å²) in [5.74, 6) is -0.703. The first-order valence-corrected chi connectivity index (χ1v) is 7.95. The molecule has 2 fully saturated rings. The third-order valence-electron chi connectivity index (χ3n) is 4.85. The van der Waals surface area contributed by atoms with E-state index in [1.807, 2.05) is 30.3 Å². The molecule has 0 unspecified atom stereocenters. The zero-order chi connectivity index (χ0) is 15.5. The average molecular weight is 299 g/mol. The molecule has 1 aromatic rings. The van der Waals surface area contributed by atoms with Gasteiger partial charge in [-0.1, -0.05) is 43.2 Å². The van der Waals surface area contributed by atoms with Crippen molar-refractivity contribution in [3.63, 3.8) is 0 Å². The van der Waals surface area contributed by atoms with Gasteiger partial charge in [0.2, 0.25) is 5.91 Å². The summed E-state index contributed by atoms with van der Waals surface area (Å²) in [6.45, 7) is 0. The molecule has 0 bridgehead atoms. The van der Waals surface area contributed by atoms with Crippen LogP contribution in [-0.2, 0) is 9.59 Å². The molecular formula is C18H21NO3. The summed E-state index contributed by atoms with van der Waals surface area (Å²) >= 11 is 0. The lowest BCUT2D eigenvalue weighted by molar-refractivity contribution is -0.147. The molecule has 1 N–H and O–H groups in total. The molecule has 0 aromatic heterocycles. The van der Waals surface area contributed by atoms with Crippen molar-refractivity contribution >= 4 is 18.0 Å². The number of carbonyl (C=O) groups is 2. The first-order chi connectivity index (χ1) is 10.7. The summed E-state index contributed by atoms with van der Waals surface area (Å²) in [7, 11) is 0. The van der Waals surface area contributed by atoms with Crippen molar-refractivity contribution in [2.75, 3.05) is 0 Å². The fourth-order valence-electron chi connectivity index (χ4n) is 3.82. The Labute approximate surface area is 130 Å². The van der Waals surface area contributed by atoms with E-state index < -0.39 is 12.0 Å². The topological polar surface area (TPSA) is 57.6 Å². The van der Waals surface area contributed by atoms with Crippen LogP contribution < -0.4 is 0 Å². The number of carboxylic acids is 1. The van der Waals surface area contributed by atoms with E-state index in [4.69, 9.17) is 0 Å². The van der Waals surface area contributed by atoms with Crippen LogP contribution in [0, 0.1) is 5.92 Å². The van der Waals surface area contributed by atoms with Crippen molar-refractivity contribution in [3.05, 3.63) is 42.0 Å². The lowest BCUT2D eigenvalue weighted by Crippen LogP contribution is -2.45. The molecule has 1 saturated carbocycles. The maximum absolute atomic E-state index is 12.6. The highest BCUT2D eigenvalue weighted by atomic mass is 16.4. The van der Waals surface area contributed by atoms with Crippen LogP contribution in [0.4, 0.5) is 0 Å². The van der Waals surface area contributed by atoms with E-state index in [0.29, 0.717) is 12.3 Å². The van der Waals surface area contributed by atoms with Gasteiger partial charge in [0, 0.05) is 12.1 Å². The second kappa shape index (κ2) is 6.34. The van der Waals surface area contributed by atoms with Crippen molar-refractivity contribution in [1.29, 1.82) is 0 Å². The molecule has 22 heavy (non-hydrogen) atoms. The number of amides is 1. The van der Waals surface area contributed by atoms with Crippen LogP contribution >= 0.6 is 0 Å². The molecule has 1 aliphatic carbocycles. The van der Waals surface area contributed by atoms with Gasteiger partial charge in [-0.25, -0.2) is 4.79 Å². The van der Waals surface area contributed by atoms with Crippen LogP contribution in [0.5, 0.6) is 0 Å². The predicted octanol–water partition coefficient (Wildman–Crippen LogP) is 2.94. The molecule has 1 aromatic carbocycles. The molecule has 1 aliphatic heterocycles. The number of aliphatic carboxylic acids is 1. The van der Waals surface area contributed by atoms with E-state index in [1.165, 1.54) is 6.08 Å². The van der Waals surface area contributed by atoms with E-state index in [-0.39, 0.29) is 11.9 Å². The van der Waals surface area contributed by atoms with E-state index in [1.54, 1.807) is 11.0 Å². The third-order valence-corrected chi connectivity index (χ3v) is 4.85. The Bertz CT molecular complexity index is 581. The molecule has 2 aliphatic rings. The second-order valence-corrected chi connectivity index (χ2v) is 6.19. The number of fused-ring (bicyclic) bond motifs is 1. The highest BCUT2D eigenvalue weighted by Gasteiger charge is 2.46. The zero-order valence-electron chi connectivity index (χ0n) is 12.5. The summed E-state index contributed by atoms with van der Waals surface area (Å²) in [5.41, 5.74) is 0.946. The Morgan fingerprint density at radius 1 is 1.14 bits per heavy atom. The average Bonchev–Trinajstić information content (AvgIpc) is 2.93. The number of benzene rings is 1. The molecule has 3 atom stereocenters. The molecule has 4 heteroatoms. The highest BCUT2D eigenvalue weighted by Crippen LogP contribution is 2.39. The van der Waals surface area contributed by atoms with Crippen molar-refractivity contribution in [1.82, 2.24) is 4.90 Å². The second-order valence-electron chi connectivity index (χ2n) is 6.19. The van der Waals surface area contributed by atoms with Crippen molar-refractivity contribution in [2.45, 2.75) is 44.2 Å². The maximum Gasteiger partial charge on any atom is 0.326 e. The number of likely N-dealkylation sites (tertiary alicyclic amines) is 1. The van der Waals surface area contributed by atoms with Gasteiger partial charge in [-0.3, -0.25) is 4.79 Å². The fourth-order valence-corrected chi connectivity index (χ4v) is 3.82. The monoisotopic (exact) mass is 299 g/mol. The lowest BCUT2D eigenvalue weighted by atomic mass is 9.85. The van der Waals surface area contributed by atoms with Gasteiger partial charge in [0.25, 0.3) is 0 Å². The Kier molecular flexibility index (Phi) is 4.27. The van der Waals surface area contributed by atoms with E-state index in [2.05, 4.69) is 0 Å². The van der Waals surface area contributed by atoms with Crippen LogP contribution in [0.1, 0.15) is 37.7 Å². The molecule has 4 nitrogen and oxygen atoms in total. The minimum atomic E-state index is -0.879. The van der Waals surface area contributed by atoms with Crippen molar-refractivity contribution < 1.29 is 14.7 Å². The van der Waals surface area contributed by atoms with Crippen LogP contribution in [0.2, 0.25) is 0 Å². The van der Waals surface area contributed by atoms with Gasteiger partial charge in [0.05, 0.1) is 0 Å². The van der Waals surface area contributed by atoms with Gasteiger partial charge in [0.1, 0.15) is 6.04 Å². The Morgan fingerprint density at radius 2 is 1.86 bits per heavy atom. The first kappa shape index (κ1) is 14.8. The first-order valence-electron chi connectivity index (χ1n) is 7.95. The van der Waals surface area contributed by atoms with E-state index in [9.17, 15) is 14.7 Å². The molecule has 1 heterocycles. The van der Waals surface area contributed by atoms with Gasteiger partial charge in [0.15, 0.2) is 0 Å². The number of carboxylic acid groups (broad SMARTS) is 1. The maximum atomic E-state index is 12.6. The highest BCUT2D eigenvalue weighted by molar-refractivity contribution is 5.95. The molecule has 0 radical (unpaired) electrons. The summed E-state index contributed by atoms with van der Waals surface area (Å²) in [6.07, 6.45) is 8.08. The summed E-state index contributed by atoms with van der Waals surface area (Å²) in [5, 5.41) is 9.45. The summed E-state index contributed by atoms with van der Waals surface area (Å²) in [4.78, 5) is 25.7. The van der Waals surface area contributed by atoms with Crippen LogP contribution in [0.15, 0.2) is 36.4 Å². The minimum absolute atomic E-state index is 0.0998. The molecule has 116 valence electrons. The Balaban J connectivity index is 1.79. The smallest absolute Gasteiger partial charge is 0.326 e. The Hall–Kier alpha value is -2.10. The fraction of sp³-hybridized carbons (Fsp3) is 0.444. The van der Waals surface area contributed by atoms with Gasteiger partial charge in [-0.05, 0) is 36.8 Å². The standard InChI is InChI=1S/C18H21NO3/c20-17(11-10-13-6-2-1-3-7-13)19-15-9-5-4-8-14(15)12-16(19)18(21)22/h1-3,6-7,10-11,14-16H,4-5,8-9,12H2,(H,21,22)/b11-10+/t14-,15+,16+/m1/s1. The lowest BCUT2D eigenvalue weighted by Gasteiger charge is -2.32. The van der Waals surface area contributed by atoms with Gasteiger partial charge in [-0.15, -0.1) is 0 Å². The summed E-state index contributed by atoms with van der Waals surface area (Å²) in [6, 6.07) is 9.03. The number of nitrogens with zero attached hydrogens (tertiary/aromatic N) is 1. The molecular weight excluding hydrogens is 278 g/mol. The van der Waals surface area contributed by atoms with Crippen molar-refractivity contribution in [2.24, 2.45) is 5.92 Å². The van der Waals surface area contributed by atoms with Gasteiger partial charge < -0.3 is 10.0 Å². The third kappa shape index (κ3) is 2.91. The SMILES string of the molecule is O=C(O)[C@@H]1C[C@H]2CCCC[C@@H]2N1C(=O)/C=C/c1ccccc1. The number of hydrogen-bond acceptors (Lipinski definition) is 2. The number of rotatable bonds is 3. The number of carbonyl (C=O) groups excluding carboxylic acids is 1. The van der Waals surface area contributed by atoms with Crippen LogP contribution in [-0.4, -0.2) is 34.0 Å². The predicted molar refractivity (Wildman–Crippen MR) is 84.1 cm³/mol. The van der Waals surface area contributed by atoms with Gasteiger partial charge >= 0.3 is 5.97 Å². The molecule has 1 amide bonds. The quantitative estimate of drug-likeness (QED) is 0.873. The van der Waals surface area contributed by atoms with Gasteiger partial charge in [-0.2, -0.15) is 0 Å². The minimum Gasteiger partial charge on any atom is -0.480 e. The number of hydrogen-bond donors (Lipinski definition) is 1. The van der Waals surface area contributed by atoms with Crippen molar-refractivity contribution in [3.8, 4) is 0 Å². The normalized spacial score (nSPS) is 27.8. The molecule has 3 rings (SSSR count). The Morgan fingerprint density at radius 3 is 2.59 bits per heavy atom. The van der Waals surface area contributed by atoms with E-state index >= 15 is 0 Å². The zero-order valence-corrected chi connectivity index (χ0v) is 12.5. The molecule has 1 saturated heterocycles. The van der Waals surface area contributed by atoms with E-state index in [0.717, 1.165) is 31.2 Å². The largest absolute Gasteiger partial charge is 0.480 e. The van der Waals surface area contributed by atoms with Crippen LogP contribution in [0.3, 0.4) is 0 Å². The van der Waals surface area contributed by atoms with Crippen LogP contribution in [0.25, 0.3) is 6.08 Å². The molecule has 0 spiro atoms. The summed E-state index contributed by atoms with van der Waals surface area (Å²) < 4.78 is 0.